The maximum atomic E-state index is 12.5. The number of rotatable bonds is 5. The van der Waals surface area contributed by atoms with E-state index in [9.17, 15) is 9.59 Å². The molecule has 2 heterocycles. The fraction of sp³-hybridized carbons (Fsp3) is 0.190. The van der Waals surface area contributed by atoms with Crippen LogP contribution >= 0.6 is 0 Å². The average Bonchev–Trinajstić information content (AvgIpc) is 3.06. The standard InChI is InChI=1S/C21H20N4O2/c1-24-13-11-15-18(8-4-9-19(15)24)23-20(26)10-5-12-25-14-22-17-7-3-2-6-16(17)21(25)27/h2-4,6-9,11,13-14H,5,10,12H2,1H3,(H,23,26). The fourth-order valence-corrected chi connectivity index (χ4v) is 3.30. The maximum Gasteiger partial charge on any atom is 0.261 e. The summed E-state index contributed by atoms with van der Waals surface area (Å²) in [5.41, 5.74) is 2.49. The van der Waals surface area contributed by atoms with Crippen LogP contribution < -0.4 is 10.9 Å². The van der Waals surface area contributed by atoms with Crippen LogP contribution in [0.1, 0.15) is 12.8 Å². The molecule has 2 aromatic carbocycles. The first-order valence-electron chi connectivity index (χ1n) is 8.91. The van der Waals surface area contributed by atoms with Crippen LogP contribution in [0.2, 0.25) is 0 Å². The molecule has 0 aliphatic heterocycles. The third-order valence-corrected chi connectivity index (χ3v) is 4.74. The Morgan fingerprint density at radius 3 is 2.81 bits per heavy atom. The van der Waals surface area contributed by atoms with Gasteiger partial charge in [-0.15, -0.1) is 0 Å². The lowest BCUT2D eigenvalue weighted by atomic mass is 10.2. The minimum Gasteiger partial charge on any atom is -0.350 e. The van der Waals surface area contributed by atoms with Crippen molar-refractivity contribution in [3.63, 3.8) is 0 Å². The van der Waals surface area contributed by atoms with Gasteiger partial charge in [-0.1, -0.05) is 18.2 Å². The molecule has 1 amide bonds. The summed E-state index contributed by atoms with van der Waals surface area (Å²) < 4.78 is 3.58. The van der Waals surface area contributed by atoms with Gasteiger partial charge in [0.2, 0.25) is 5.91 Å². The lowest BCUT2D eigenvalue weighted by molar-refractivity contribution is -0.116. The first-order chi connectivity index (χ1) is 13.1. The summed E-state index contributed by atoms with van der Waals surface area (Å²) in [4.78, 5) is 29.1. The minimum absolute atomic E-state index is 0.0619. The maximum absolute atomic E-state index is 12.5. The van der Waals surface area contributed by atoms with E-state index >= 15 is 0 Å². The molecule has 0 bridgehead atoms. The van der Waals surface area contributed by atoms with E-state index in [2.05, 4.69) is 10.3 Å². The quantitative estimate of drug-likeness (QED) is 0.594. The van der Waals surface area contributed by atoms with Crippen molar-refractivity contribution in [3.05, 3.63) is 71.4 Å². The first kappa shape index (κ1) is 17.0. The van der Waals surface area contributed by atoms with Gasteiger partial charge in [-0.3, -0.25) is 14.2 Å². The predicted octanol–water partition coefficient (Wildman–Crippen LogP) is 3.31. The zero-order valence-electron chi connectivity index (χ0n) is 15.1. The largest absolute Gasteiger partial charge is 0.350 e. The number of carbonyl (C=O) groups excluding carboxylic acids is 1. The van der Waals surface area contributed by atoms with Gasteiger partial charge < -0.3 is 9.88 Å². The molecule has 0 aliphatic rings. The Hall–Kier alpha value is -3.41. The molecule has 4 aromatic rings. The van der Waals surface area contributed by atoms with Crippen LogP contribution in [0.3, 0.4) is 0 Å². The zero-order valence-corrected chi connectivity index (χ0v) is 15.1. The molecule has 0 saturated carbocycles. The number of aryl methyl sites for hydroxylation is 2. The van der Waals surface area contributed by atoms with Crippen LogP contribution in [0.25, 0.3) is 21.8 Å². The minimum atomic E-state index is -0.0740. The van der Waals surface area contributed by atoms with Gasteiger partial charge >= 0.3 is 0 Å². The van der Waals surface area contributed by atoms with E-state index in [0.717, 1.165) is 16.6 Å². The number of hydrogen-bond acceptors (Lipinski definition) is 3. The van der Waals surface area contributed by atoms with Crippen molar-refractivity contribution in [1.82, 2.24) is 14.1 Å². The molecule has 136 valence electrons. The van der Waals surface area contributed by atoms with Crippen LogP contribution in [-0.2, 0) is 18.4 Å². The van der Waals surface area contributed by atoms with Gasteiger partial charge in [-0.2, -0.15) is 0 Å². The molecule has 6 nitrogen and oxygen atoms in total. The van der Waals surface area contributed by atoms with E-state index in [1.807, 2.05) is 60.3 Å². The number of anilines is 1. The molecule has 0 aliphatic carbocycles. The lowest BCUT2D eigenvalue weighted by Crippen LogP contribution is -2.21. The SMILES string of the molecule is Cn1ccc2c(NC(=O)CCCn3cnc4ccccc4c3=O)cccc21. The van der Waals surface area contributed by atoms with Crippen LogP contribution in [-0.4, -0.2) is 20.0 Å². The Labute approximate surface area is 156 Å². The van der Waals surface area contributed by atoms with E-state index in [-0.39, 0.29) is 11.5 Å². The van der Waals surface area contributed by atoms with Crippen molar-refractivity contribution in [1.29, 1.82) is 0 Å². The number of para-hydroxylation sites is 1. The molecule has 0 spiro atoms. The molecule has 0 saturated heterocycles. The zero-order chi connectivity index (χ0) is 18.8. The summed E-state index contributed by atoms with van der Waals surface area (Å²) in [6.07, 6.45) is 4.42. The summed E-state index contributed by atoms with van der Waals surface area (Å²) in [5.74, 6) is -0.0619. The molecule has 27 heavy (non-hydrogen) atoms. The number of benzene rings is 2. The van der Waals surface area contributed by atoms with Crippen LogP contribution in [0, 0.1) is 0 Å². The number of aromatic nitrogens is 3. The number of hydrogen-bond donors (Lipinski definition) is 1. The molecule has 0 atom stereocenters. The highest BCUT2D eigenvalue weighted by molar-refractivity contribution is 6.01. The average molecular weight is 360 g/mol. The fourth-order valence-electron chi connectivity index (χ4n) is 3.30. The van der Waals surface area contributed by atoms with Gasteiger partial charge in [0.05, 0.1) is 22.9 Å². The van der Waals surface area contributed by atoms with Crippen LogP contribution in [0.15, 0.2) is 65.8 Å². The summed E-state index contributed by atoms with van der Waals surface area (Å²) >= 11 is 0. The van der Waals surface area contributed by atoms with E-state index in [0.29, 0.717) is 30.3 Å². The Kier molecular flexibility index (Phi) is 4.46. The smallest absolute Gasteiger partial charge is 0.261 e. The van der Waals surface area contributed by atoms with Gasteiger partial charge in [0.15, 0.2) is 0 Å². The Morgan fingerprint density at radius 2 is 1.93 bits per heavy atom. The summed E-state index contributed by atoms with van der Waals surface area (Å²) in [6, 6.07) is 15.1. The molecule has 1 N–H and O–H groups in total. The van der Waals surface area contributed by atoms with Gasteiger partial charge in [0.25, 0.3) is 5.56 Å². The van der Waals surface area contributed by atoms with Crippen LogP contribution in [0.4, 0.5) is 5.69 Å². The number of nitrogens with one attached hydrogen (secondary N) is 1. The van der Waals surface area contributed by atoms with Crippen molar-refractivity contribution >= 4 is 33.4 Å². The molecular formula is C21H20N4O2. The second-order valence-corrected chi connectivity index (χ2v) is 6.58. The monoisotopic (exact) mass is 360 g/mol. The van der Waals surface area contributed by atoms with Crippen molar-refractivity contribution in [3.8, 4) is 0 Å². The second kappa shape index (κ2) is 7.07. The summed E-state index contributed by atoms with van der Waals surface area (Å²) in [5, 5.41) is 4.59. The molecule has 2 aromatic heterocycles. The molecule has 4 rings (SSSR count). The van der Waals surface area contributed by atoms with E-state index in [1.54, 1.807) is 17.0 Å². The van der Waals surface area contributed by atoms with E-state index in [1.165, 1.54) is 0 Å². The summed E-state index contributed by atoms with van der Waals surface area (Å²) in [7, 11) is 1.98. The van der Waals surface area contributed by atoms with E-state index < -0.39 is 0 Å². The summed E-state index contributed by atoms with van der Waals surface area (Å²) in [6.45, 7) is 0.458. The molecule has 0 fully saturated rings. The van der Waals surface area contributed by atoms with Crippen molar-refractivity contribution in [2.24, 2.45) is 7.05 Å². The third kappa shape index (κ3) is 3.33. The molecule has 0 unspecified atom stereocenters. The van der Waals surface area contributed by atoms with Crippen LogP contribution in [0.5, 0.6) is 0 Å². The van der Waals surface area contributed by atoms with Crippen molar-refractivity contribution in [2.45, 2.75) is 19.4 Å². The predicted molar refractivity (Wildman–Crippen MR) is 107 cm³/mol. The van der Waals surface area contributed by atoms with Gasteiger partial charge in [-0.05, 0) is 36.8 Å². The van der Waals surface area contributed by atoms with Gasteiger partial charge in [0, 0.05) is 37.1 Å². The molecule has 6 heteroatoms. The highest BCUT2D eigenvalue weighted by Gasteiger charge is 2.08. The van der Waals surface area contributed by atoms with E-state index in [4.69, 9.17) is 0 Å². The molecule has 0 radical (unpaired) electrons. The number of fused-ring (bicyclic) bond motifs is 2. The Balaban J connectivity index is 1.41. The van der Waals surface area contributed by atoms with Gasteiger partial charge in [-0.25, -0.2) is 4.98 Å². The first-order valence-corrected chi connectivity index (χ1v) is 8.91. The topological polar surface area (TPSA) is 68.9 Å². The second-order valence-electron chi connectivity index (χ2n) is 6.58. The Morgan fingerprint density at radius 1 is 1.07 bits per heavy atom. The Bertz CT molecular complexity index is 1190. The number of carbonyl (C=O) groups is 1. The van der Waals surface area contributed by atoms with Crippen molar-refractivity contribution < 1.29 is 4.79 Å². The number of nitrogens with zero attached hydrogens (tertiary/aromatic N) is 3. The normalized spacial score (nSPS) is 11.1. The number of amides is 1. The lowest BCUT2D eigenvalue weighted by Gasteiger charge is -2.09. The highest BCUT2D eigenvalue weighted by Crippen LogP contribution is 2.24. The van der Waals surface area contributed by atoms with Crippen molar-refractivity contribution in [2.75, 3.05) is 5.32 Å². The highest BCUT2D eigenvalue weighted by atomic mass is 16.1. The van der Waals surface area contributed by atoms with Gasteiger partial charge in [0.1, 0.15) is 0 Å². The third-order valence-electron chi connectivity index (χ3n) is 4.74. The molecular weight excluding hydrogens is 340 g/mol.